The molecule has 0 radical (unpaired) electrons. The van der Waals surface area contributed by atoms with Crippen molar-refractivity contribution >= 4 is 17.0 Å². The molecule has 15 heavy (non-hydrogen) atoms. The molecule has 2 nitrogen and oxygen atoms in total. The van der Waals surface area contributed by atoms with Crippen LogP contribution in [0.3, 0.4) is 0 Å². The molecule has 0 N–H and O–H groups in total. The Bertz CT molecular complexity index is 520. The van der Waals surface area contributed by atoms with Crippen molar-refractivity contribution in [3.8, 4) is 0 Å². The summed E-state index contributed by atoms with van der Waals surface area (Å²) in [5.74, 6) is 0. The number of rotatable bonds is 1. The first-order chi connectivity index (χ1) is 7.18. The summed E-state index contributed by atoms with van der Waals surface area (Å²) >= 11 is 1.73. The summed E-state index contributed by atoms with van der Waals surface area (Å²) in [6.07, 6.45) is 0. The quantitative estimate of drug-likeness (QED) is 0.700. The number of benzene rings is 1. The van der Waals surface area contributed by atoms with Crippen LogP contribution in [-0.2, 0) is 7.05 Å². The fourth-order valence-electron chi connectivity index (χ4n) is 1.37. The van der Waals surface area contributed by atoms with Gasteiger partial charge in [0.1, 0.15) is 0 Å². The minimum Gasteiger partial charge on any atom is -0.324 e. The van der Waals surface area contributed by atoms with Gasteiger partial charge in [-0.05, 0) is 26.0 Å². The second kappa shape index (κ2) is 4.03. The van der Waals surface area contributed by atoms with Crippen LogP contribution in [-0.4, -0.2) is 4.57 Å². The predicted molar refractivity (Wildman–Crippen MR) is 64.4 cm³/mol. The Kier molecular flexibility index (Phi) is 2.73. The van der Waals surface area contributed by atoms with E-state index in [2.05, 4.69) is 30.5 Å². The first-order valence-electron chi connectivity index (χ1n) is 4.91. The van der Waals surface area contributed by atoms with Crippen molar-refractivity contribution in [3.63, 3.8) is 0 Å². The zero-order chi connectivity index (χ0) is 10.8. The lowest BCUT2D eigenvalue weighted by molar-refractivity contribution is 0.830. The van der Waals surface area contributed by atoms with E-state index in [1.807, 2.05) is 30.3 Å². The molecule has 0 unspecified atom stereocenters. The van der Waals surface area contributed by atoms with Crippen molar-refractivity contribution in [3.05, 3.63) is 45.7 Å². The van der Waals surface area contributed by atoms with Gasteiger partial charge in [0.25, 0.3) is 0 Å². The lowest BCUT2D eigenvalue weighted by atomic mass is 10.3. The SMILES string of the molecule is Cc1sc(=Nc2ccccc2)n(C)c1C. The molecule has 3 heteroatoms. The van der Waals surface area contributed by atoms with Gasteiger partial charge in [-0.2, -0.15) is 0 Å². The van der Waals surface area contributed by atoms with Crippen LogP contribution in [0.1, 0.15) is 10.6 Å². The summed E-state index contributed by atoms with van der Waals surface area (Å²) in [6.45, 7) is 4.25. The molecule has 2 aromatic rings. The van der Waals surface area contributed by atoms with Crippen LogP contribution in [0.2, 0.25) is 0 Å². The number of hydrogen-bond donors (Lipinski definition) is 0. The largest absolute Gasteiger partial charge is 0.324 e. The van der Waals surface area contributed by atoms with Crippen LogP contribution in [0.25, 0.3) is 0 Å². The summed E-state index contributed by atoms with van der Waals surface area (Å²) < 4.78 is 2.13. The molecule has 1 aromatic carbocycles. The van der Waals surface area contributed by atoms with E-state index in [0.717, 1.165) is 10.5 Å². The minimum absolute atomic E-state index is 1.01. The van der Waals surface area contributed by atoms with Crippen molar-refractivity contribution in [2.45, 2.75) is 13.8 Å². The van der Waals surface area contributed by atoms with Gasteiger partial charge in [0.15, 0.2) is 4.80 Å². The Morgan fingerprint density at radius 3 is 2.33 bits per heavy atom. The molecule has 0 saturated heterocycles. The number of aromatic nitrogens is 1. The van der Waals surface area contributed by atoms with E-state index in [1.165, 1.54) is 10.6 Å². The Hall–Kier alpha value is -1.35. The van der Waals surface area contributed by atoms with Gasteiger partial charge in [-0.3, -0.25) is 0 Å². The van der Waals surface area contributed by atoms with E-state index in [4.69, 9.17) is 0 Å². The van der Waals surface area contributed by atoms with Crippen molar-refractivity contribution in [1.82, 2.24) is 4.57 Å². The van der Waals surface area contributed by atoms with Crippen molar-refractivity contribution in [1.29, 1.82) is 0 Å². The van der Waals surface area contributed by atoms with Crippen LogP contribution in [0.4, 0.5) is 5.69 Å². The van der Waals surface area contributed by atoms with Crippen molar-refractivity contribution in [2.24, 2.45) is 12.0 Å². The molecule has 0 bridgehead atoms. The number of para-hydroxylation sites is 1. The van der Waals surface area contributed by atoms with Crippen LogP contribution in [0.5, 0.6) is 0 Å². The summed E-state index contributed by atoms with van der Waals surface area (Å²) in [4.78, 5) is 6.98. The highest BCUT2D eigenvalue weighted by atomic mass is 32.1. The van der Waals surface area contributed by atoms with E-state index in [0.29, 0.717) is 0 Å². The maximum atomic E-state index is 4.60. The monoisotopic (exact) mass is 218 g/mol. The zero-order valence-corrected chi connectivity index (χ0v) is 10.0. The average Bonchev–Trinajstić information content (AvgIpc) is 2.48. The van der Waals surface area contributed by atoms with E-state index in [1.54, 1.807) is 11.3 Å². The topological polar surface area (TPSA) is 17.3 Å². The Labute approximate surface area is 93.5 Å². The second-order valence-corrected chi connectivity index (χ2v) is 4.71. The molecule has 0 saturated carbocycles. The molecule has 0 amide bonds. The predicted octanol–water partition coefficient (Wildman–Crippen LogP) is 2.94. The zero-order valence-electron chi connectivity index (χ0n) is 9.19. The standard InChI is InChI=1S/C12H14N2S/c1-9-10(2)15-12(14(9)3)13-11-7-5-4-6-8-11/h4-8H,1-3H3. The molecule has 0 aliphatic heterocycles. The Morgan fingerprint density at radius 1 is 1.13 bits per heavy atom. The fourth-order valence-corrected chi connectivity index (χ4v) is 2.35. The minimum atomic E-state index is 1.01. The van der Waals surface area contributed by atoms with E-state index in [9.17, 15) is 0 Å². The highest BCUT2D eigenvalue weighted by molar-refractivity contribution is 7.09. The van der Waals surface area contributed by atoms with Crippen molar-refractivity contribution in [2.75, 3.05) is 0 Å². The third-order valence-corrected chi connectivity index (χ3v) is 3.67. The average molecular weight is 218 g/mol. The van der Waals surface area contributed by atoms with Crippen LogP contribution in [0, 0.1) is 13.8 Å². The van der Waals surface area contributed by atoms with Gasteiger partial charge in [-0.1, -0.05) is 18.2 Å². The summed E-state index contributed by atoms with van der Waals surface area (Å²) in [5, 5.41) is 0. The maximum Gasteiger partial charge on any atom is 0.190 e. The first kappa shape index (κ1) is 10.2. The van der Waals surface area contributed by atoms with Gasteiger partial charge in [0.05, 0.1) is 5.69 Å². The molecule has 2 rings (SSSR count). The summed E-state index contributed by atoms with van der Waals surface area (Å²) in [5.41, 5.74) is 2.30. The molecule has 78 valence electrons. The third-order valence-electron chi connectivity index (χ3n) is 2.52. The second-order valence-electron chi connectivity index (χ2n) is 3.53. The summed E-state index contributed by atoms with van der Waals surface area (Å²) in [7, 11) is 2.06. The molecule has 1 aromatic heterocycles. The summed E-state index contributed by atoms with van der Waals surface area (Å²) in [6, 6.07) is 10.1. The van der Waals surface area contributed by atoms with E-state index >= 15 is 0 Å². The normalized spacial score (nSPS) is 12.1. The first-order valence-corrected chi connectivity index (χ1v) is 5.73. The van der Waals surface area contributed by atoms with E-state index in [-0.39, 0.29) is 0 Å². The van der Waals surface area contributed by atoms with Gasteiger partial charge in [0, 0.05) is 17.6 Å². The van der Waals surface area contributed by atoms with Crippen LogP contribution >= 0.6 is 11.3 Å². The molecule has 1 heterocycles. The third kappa shape index (κ3) is 2.02. The van der Waals surface area contributed by atoms with Gasteiger partial charge < -0.3 is 4.57 Å². The lowest BCUT2D eigenvalue weighted by Gasteiger charge is -1.95. The Balaban J connectivity index is 2.55. The van der Waals surface area contributed by atoms with Crippen LogP contribution in [0.15, 0.2) is 35.3 Å². The van der Waals surface area contributed by atoms with E-state index < -0.39 is 0 Å². The van der Waals surface area contributed by atoms with Crippen LogP contribution < -0.4 is 4.80 Å². The number of aryl methyl sites for hydroxylation is 1. The van der Waals surface area contributed by atoms with Gasteiger partial charge >= 0.3 is 0 Å². The number of nitrogens with zero attached hydrogens (tertiary/aromatic N) is 2. The molecular weight excluding hydrogens is 204 g/mol. The Morgan fingerprint density at radius 2 is 1.80 bits per heavy atom. The highest BCUT2D eigenvalue weighted by Crippen LogP contribution is 2.12. The lowest BCUT2D eigenvalue weighted by Crippen LogP contribution is -2.10. The molecule has 0 aliphatic carbocycles. The highest BCUT2D eigenvalue weighted by Gasteiger charge is 2.01. The number of thiazole rings is 1. The van der Waals surface area contributed by atoms with Gasteiger partial charge in [-0.25, -0.2) is 4.99 Å². The van der Waals surface area contributed by atoms with Gasteiger partial charge in [0.2, 0.25) is 0 Å². The molecule has 0 fully saturated rings. The smallest absolute Gasteiger partial charge is 0.190 e. The molecular formula is C12H14N2S. The fraction of sp³-hybridized carbons (Fsp3) is 0.250. The van der Waals surface area contributed by atoms with Crippen molar-refractivity contribution < 1.29 is 0 Å². The molecule has 0 spiro atoms. The molecule has 0 aliphatic rings. The maximum absolute atomic E-state index is 4.60. The molecule has 0 atom stereocenters. The number of hydrogen-bond acceptors (Lipinski definition) is 2. The van der Waals surface area contributed by atoms with Gasteiger partial charge in [-0.15, -0.1) is 11.3 Å².